The maximum absolute atomic E-state index is 12.3. The molecule has 116 valence electrons. The van der Waals surface area contributed by atoms with Crippen LogP contribution in [-0.2, 0) is 11.2 Å². The van der Waals surface area contributed by atoms with E-state index in [2.05, 4.69) is 18.7 Å². The predicted molar refractivity (Wildman–Crippen MR) is 87.1 cm³/mol. The first-order valence-electron chi connectivity index (χ1n) is 7.97. The molecule has 1 unspecified atom stereocenters. The van der Waals surface area contributed by atoms with E-state index < -0.39 is 0 Å². The largest absolute Gasteiger partial charge is 0.399 e. The highest BCUT2D eigenvalue weighted by Gasteiger charge is 2.23. The van der Waals surface area contributed by atoms with Gasteiger partial charge in [-0.2, -0.15) is 0 Å². The molecule has 0 radical (unpaired) electrons. The molecule has 1 aromatic rings. The number of nitrogen functional groups attached to an aromatic ring is 1. The van der Waals surface area contributed by atoms with E-state index in [1.165, 1.54) is 6.42 Å². The van der Waals surface area contributed by atoms with Gasteiger partial charge in [0.05, 0.1) is 0 Å². The smallest absolute Gasteiger partial charge is 0.222 e. The number of benzene rings is 1. The van der Waals surface area contributed by atoms with Crippen molar-refractivity contribution in [1.82, 2.24) is 9.80 Å². The van der Waals surface area contributed by atoms with Crippen LogP contribution in [0.4, 0.5) is 5.69 Å². The molecule has 2 rings (SSSR count). The summed E-state index contributed by atoms with van der Waals surface area (Å²) in [6.45, 7) is 8.17. The van der Waals surface area contributed by atoms with E-state index in [9.17, 15) is 4.79 Å². The molecule has 0 spiro atoms. The number of hydrogen-bond acceptors (Lipinski definition) is 3. The molecule has 1 saturated heterocycles. The normalized spacial score (nSPS) is 17.7. The van der Waals surface area contributed by atoms with Gasteiger partial charge in [0, 0.05) is 44.3 Å². The fourth-order valence-corrected chi connectivity index (χ4v) is 2.83. The van der Waals surface area contributed by atoms with E-state index in [-0.39, 0.29) is 5.91 Å². The Morgan fingerprint density at radius 2 is 1.90 bits per heavy atom. The number of aryl methyl sites for hydroxylation is 1. The van der Waals surface area contributed by atoms with Gasteiger partial charge in [-0.25, -0.2) is 0 Å². The highest BCUT2D eigenvalue weighted by Crippen LogP contribution is 2.14. The zero-order chi connectivity index (χ0) is 15.2. The van der Waals surface area contributed by atoms with Crippen molar-refractivity contribution in [3.8, 4) is 0 Å². The second-order valence-corrected chi connectivity index (χ2v) is 5.87. The molecule has 0 aliphatic carbocycles. The van der Waals surface area contributed by atoms with Gasteiger partial charge in [-0.3, -0.25) is 9.69 Å². The van der Waals surface area contributed by atoms with Gasteiger partial charge in [-0.05, 0) is 31.4 Å². The molecule has 4 nitrogen and oxygen atoms in total. The fourth-order valence-electron chi connectivity index (χ4n) is 2.83. The lowest BCUT2D eigenvalue weighted by molar-refractivity contribution is -0.133. The fraction of sp³-hybridized carbons (Fsp3) is 0.588. The number of para-hydroxylation sites is 1. The first kappa shape index (κ1) is 15.8. The summed E-state index contributed by atoms with van der Waals surface area (Å²) < 4.78 is 0. The van der Waals surface area contributed by atoms with Crippen LogP contribution >= 0.6 is 0 Å². The summed E-state index contributed by atoms with van der Waals surface area (Å²) in [4.78, 5) is 16.8. The van der Waals surface area contributed by atoms with Crippen molar-refractivity contribution in [3.63, 3.8) is 0 Å². The van der Waals surface area contributed by atoms with Crippen LogP contribution in [0.3, 0.4) is 0 Å². The van der Waals surface area contributed by atoms with Gasteiger partial charge in [-0.15, -0.1) is 0 Å². The predicted octanol–water partition coefficient (Wildman–Crippen LogP) is 2.14. The molecule has 0 bridgehead atoms. The minimum absolute atomic E-state index is 0.252. The molecule has 1 aliphatic heterocycles. The Kier molecular flexibility index (Phi) is 5.62. The quantitative estimate of drug-likeness (QED) is 0.845. The number of carbonyl (C=O) groups is 1. The van der Waals surface area contributed by atoms with Crippen LogP contribution < -0.4 is 5.73 Å². The van der Waals surface area contributed by atoms with Crippen molar-refractivity contribution in [3.05, 3.63) is 29.8 Å². The summed E-state index contributed by atoms with van der Waals surface area (Å²) in [6.07, 6.45) is 2.45. The van der Waals surface area contributed by atoms with Gasteiger partial charge in [0.2, 0.25) is 5.91 Å². The van der Waals surface area contributed by atoms with Gasteiger partial charge >= 0.3 is 0 Å². The molecule has 1 heterocycles. The van der Waals surface area contributed by atoms with Crippen LogP contribution in [0.25, 0.3) is 0 Å². The Bertz CT molecular complexity index is 467. The lowest BCUT2D eigenvalue weighted by Crippen LogP contribution is -2.51. The summed E-state index contributed by atoms with van der Waals surface area (Å²) in [5, 5.41) is 0. The van der Waals surface area contributed by atoms with E-state index in [1.807, 2.05) is 29.2 Å². The number of piperazine rings is 1. The Labute approximate surface area is 127 Å². The third-order valence-electron chi connectivity index (χ3n) is 4.54. The molecule has 1 fully saturated rings. The Balaban J connectivity index is 1.79. The average molecular weight is 289 g/mol. The summed E-state index contributed by atoms with van der Waals surface area (Å²) in [5.74, 6) is 0.252. The lowest BCUT2D eigenvalue weighted by Gasteiger charge is -2.37. The zero-order valence-electron chi connectivity index (χ0n) is 13.2. The molecule has 1 amide bonds. The Morgan fingerprint density at radius 3 is 2.52 bits per heavy atom. The lowest BCUT2D eigenvalue weighted by atomic mass is 10.1. The first-order valence-corrected chi connectivity index (χ1v) is 7.97. The molecular weight excluding hydrogens is 262 g/mol. The van der Waals surface area contributed by atoms with Gasteiger partial charge in [-0.1, -0.05) is 25.1 Å². The zero-order valence-corrected chi connectivity index (χ0v) is 13.2. The highest BCUT2D eigenvalue weighted by atomic mass is 16.2. The molecule has 4 heteroatoms. The van der Waals surface area contributed by atoms with Crippen molar-refractivity contribution in [1.29, 1.82) is 0 Å². The van der Waals surface area contributed by atoms with Crippen molar-refractivity contribution in [2.45, 2.75) is 39.2 Å². The van der Waals surface area contributed by atoms with Crippen LogP contribution in [0.1, 0.15) is 32.3 Å². The molecule has 1 aliphatic rings. The standard InChI is InChI=1S/C17H27N3O/c1-3-14(2)19-10-12-20(13-11-19)17(21)9-8-15-6-4-5-7-16(15)18/h4-7,14H,3,8-13,18H2,1-2H3. The Morgan fingerprint density at radius 1 is 1.24 bits per heavy atom. The molecule has 1 atom stereocenters. The molecule has 21 heavy (non-hydrogen) atoms. The van der Waals surface area contributed by atoms with Crippen LogP contribution in [0.5, 0.6) is 0 Å². The van der Waals surface area contributed by atoms with Gasteiger partial charge in [0.1, 0.15) is 0 Å². The van der Waals surface area contributed by atoms with Crippen molar-refractivity contribution in [2.24, 2.45) is 0 Å². The van der Waals surface area contributed by atoms with E-state index >= 15 is 0 Å². The Hall–Kier alpha value is -1.55. The number of amides is 1. The van der Waals surface area contributed by atoms with Crippen molar-refractivity contribution < 1.29 is 4.79 Å². The maximum atomic E-state index is 12.3. The summed E-state index contributed by atoms with van der Waals surface area (Å²) in [6, 6.07) is 8.41. The number of carbonyl (C=O) groups excluding carboxylic acids is 1. The third kappa shape index (κ3) is 4.21. The number of nitrogens with zero attached hydrogens (tertiary/aromatic N) is 2. The minimum Gasteiger partial charge on any atom is -0.399 e. The van der Waals surface area contributed by atoms with Gasteiger partial charge in [0.15, 0.2) is 0 Å². The van der Waals surface area contributed by atoms with E-state index in [1.54, 1.807) is 0 Å². The molecule has 0 saturated carbocycles. The van der Waals surface area contributed by atoms with Crippen LogP contribution in [0.2, 0.25) is 0 Å². The second-order valence-electron chi connectivity index (χ2n) is 5.87. The van der Waals surface area contributed by atoms with Crippen molar-refractivity contribution in [2.75, 3.05) is 31.9 Å². The van der Waals surface area contributed by atoms with Crippen LogP contribution in [0, 0.1) is 0 Å². The molecule has 0 aromatic heterocycles. The minimum atomic E-state index is 0.252. The topological polar surface area (TPSA) is 49.6 Å². The average Bonchev–Trinajstić information content (AvgIpc) is 2.53. The molecule has 1 aromatic carbocycles. The van der Waals surface area contributed by atoms with Crippen LogP contribution in [0.15, 0.2) is 24.3 Å². The van der Waals surface area contributed by atoms with Gasteiger partial charge < -0.3 is 10.6 Å². The van der Waals surface area contributed by atoms with Crippen molar-refractivity contribution >= 4 is 11.6 Å². The van der Waals surface area contributed by atoms with Gasteiger partial charge in [0.25, 0.3) is 0 Å². The summed E-state index contributed by atoms with van der Waals surface area (Å²) in [7, 11) is 0. The van der Waals surface area contributed by atoms with Crippen LogP contribution in [-0.4, -0.2) is 47.9 Å². The number of nitrogens with two attached hydrogens (primary N) is 1. The summed E-state index contributed by atoms with van der Waals surface area (Å²) >= 11 is 0. The monoisotopic (exact) mass is 289 g/mol. The first-order chi connectivity index (χ1) is 10.1. The molecule has 2 N–H and O–H groups in total. The molecular formula is C17H27N3O. The SMILES string of the molecule is CCC(C)N1CCN(C(=O)CCc2ccccc2N)CC1. The number of rotatable bonds is 5. The second kappa shape index (κ2) is 7.46. The number of hydrogen-bond donors (Lipinski definition) is 1. The summed E-state index contributed by atoms with van der Waals surface area (Å²) in [5.41, 5.74) is 7.78. The third-order valence-corrected chi connectivity index (χ3v) is 4.54. The highest BCUT2D eigenvalue weighted by molar-refractivity contribution is 5.76. The van der Waals surface area contributed by atoms with E-state index in [0.717, 1.165) is 43.9 Å². The number of anilines is 1. The maximum Gasteiger partial charge on any atom is 0.222 e. The van der Waals surface area contributed by atoms with E-state index in [4.69, 9.17) is 5.73 Å². The van der Waals surface area contributed by atoms with E-state index in [0.29, 0.717) is 12.5 Å².